The number of nitrogens with one attached hydrogen (secondary N) is 1. The van der Waals surface area contributed by atoms with Crippen molar-refractivity contribution in [3.8, 4) is 0 Å². The van der Waals surface area contributed by atoms with Crippen LogP contribution < -0.4 is 4.72 Å². The maximum absolute atomic E-state index is 12.7. The summed E-state index contributed by atoms with van der Waals surface area (Å²) in [5.41, 5.74) is 1.12. The molecule has 124 valence electrons. The summed E-state index contributed by atoms with van der Waals surface area (Å²) >= 11 is 1.50. The molecule has 2 rings (SSSR count). The van der Waals surface area contributed by atoms with Crippen LogP contribution in [-0.2, 0) is 10.0 Å². The Bertz CT molecular complexity index is 645. The van der Waals surface area contributed by atoms with Crippen molar-refractivity contribution in [2.24, 2.45) is 11.8 Å². The van der Waals surface area contributed by atoms with Crippen LogP contribution in [0.15, 0.2) is 6.07 Å². The second-order valence-electron chi connectivity index (χ2n) is 6.46. The Balaban J connectivity index is 2.18. The molecule has 0 radical (unpaired) electrons. The van der Waals surface area contributed by atoms with Crippen LogP contribution >= 0.6 is 11.3 Å². The number of nitrogens with zero attached hydrogens (tertiary/aromatic N) is 1. The van der Waals surface area contributed by atoms with Crippen molar-refractivity contribution >= 4 is 27.3 Å². The summed E-state index contributed by atoms with van der Waals surface area (Å²) in [7, 11) is -3.28. The van der Waals surface area contributed by atoms with E-state index in [4.69, 9.17) is 0 Å². The molecule has 5 nitrogen and oxygen atoms in total. The first kappa shape index (κ1) is 17.4. The SMILES string of the molecule is Cc1cc(C(=O)N2CC(NS(C)(=O)=O)C(C(C)C)C2)sc1C. The Morgan fingerprint density at radius 1 is 1.36 bits per heavy atom. The van der Waals surface area contributed by atoms with Gasteiger partial charge < -0.3 is 4.90 Å². The molecule has 0 saturated carbocycles. The van der Waals surface area contributed by atoms with E-state index in [2.05, 4.69) is 18.6 Å². The molecule has 1 N–H and O–H groups in total. The monoisotopic (exact) mass is 344 g/mol. The highest BCUT2D eigenvalue weighted by Gasteiger charge is 2.38. The number of likely N-dealkylation sites (tertiary alicyclic amines) is 1. The molecule has 2 atom stereocenters. The van der Waals surface area contributed by atoms with Crippen LogP contribution in [0.5, 0.6) is 0 Å². The highest BCUT2D eigenvalue weighted by Crippen LogP contribution is 2.28. The third kappa shape index (κ3) is 3.88. The highest BCUT2D eigenvalue weighted by molar-refractivity contribution is 7.88. The Labute approximate surface area is 136 Å². The number of aryl methyl sites for hydroxylation is 2. The smallest absolute Gasteiger partial charge is 0.264 e. The molecular formula is C15H24N2O3S2. The van der Waals surface area contributed by atoms with E-state index in [0.717, 1.165) is 15.3 Å². The lowest BCUT2D eigenvalue weighted by molar-refractivity contribution is 0.0787. The fourth-order valence-electron chi connectivity index (χ4n) is 2.90. The molecule has 0 aromatic carbocycles. The van der Waals surface area contributed by atoms with Gasteiger partial charge in [-0.25, -0.2) is 13.1 Å². The Hall–Kier alpha value is -0.920. The fraction of sp³-hybridized carbons (Fsp3) is 0.667. The summed E-state index contributed by atoms with van der Waals surface area (Å²) in [6, 6.07) is 1.71. The van der Waals surface area contributed by atoms with Crippen LogP contribution in [0, 0.1) is 25.7 Å². The van der Waals surface area contributed by atoms with Gasteiger partial charge in [0.05, 0.1) is 11.1 Å². The minimum atomic E-state index is -3.28. The van der Waals surface area contributed by atoms with E-state index < -0.39 is 10.0 Å². The van der Waals surface area contributed by atoms with Gasteiger partial charge in [-0.05, 0) is 37.3 Å². The standard InChI is InChI=1S/C15H24N2O3S2/c1-9(2)12-7-17(8-13(12)16-22(5,19)20)15(18)14-6-10(3)11(4)21-14/h6,9,12-13,16H,7-8H2,1-5H3. The number of thiophene rings is 1. The minimum absolute atomic E-state index is 0.00431. The topological polar surface area (TPSA) is 66.5 Å². The van der Waals surface area contributed by atoms with Crippen LogP contribution in [-0.4, -0.2) is 44.6 Å². The first-order valence-electron chi connectivity index (χ1n) is 7.42. The Kier molecular flexibility index (Phi) is 4.99. The second-order valence-corrected chi connectivity index (χ2v) is 9.50. The lowest BCUT2D eigenvalue weighted by Gasteiger charge is -2.21. The molecular weight excluding hydrogens is 320 g/mol. The molecule has 1 aliphatic heterocycles. The predicted octanol–water partition coefficient (Wildman–Crippen LogP) is 2.01. The van der Waals surface area contributed by atoms with Crippen LogP contribution in [0.3, 0.4) is 0 Å². The number of hydrogen-bond donors (Lipinski definition) is 1. The Morgan fingerprint density at radius 3 is 2.45 bits per heavy atom. The quantitative estimate of drug-likeness (QED) is 0.908. The van der Waals surface area contributed by atoms with Crippen LogP contribution in [0.2, 0.25) is 0 Å². The average molecular weight is 345 g/mol. The second kappa shape index (κ2) is 6.29. The minimum Gasteiger partial charge on any atom is -0.336 e. The van der Waals surface area contributed by atoms with Gasteiger partial charge in [0.25, 0.3) is 5.91 Å². The van der Waals surface area contributed by atoms with E-state index in [1.807, 2.05) is 19.9 Å². The number of rotatable bonds is 4. The van der Waals surface area contributed by atoms with Crippen molar-refractivity contribution in [1.29, 1.82) is 0 Å². The first-order chi connectivity index (χ1) is 10.1. The molecule has 1 aromatic heterocycles. The maximum atomic E-state index is 12.7. The number of sulfonamides is 1. The van der Waals surface area contributed by atoms with Gasteiger partial charge in [0.2, 0.25) is 10.0 Å². The largest absolute Gasteiger partial charge is 0.336 e. The van der Waals surface area contributed by atoms with E-state index >= 15 is 0 Å². The summed E-state index contributed by atoms with van der Waals surface area (Å²) in [6.45, 7) is 9.16. The van der Waals surface area contributed by atoms with Crippen molar-refractivity contribution in [3.05, 3.63) is 21.4 Å². The molecule has 22 heavy (non-hydrogen) atoms. The molecule has 2 unspecified atom stereocenters. The molecule has 1 amide bonds. The van der Waals surface area contributed by atoms with E-state index in [1.165, 1.54) is 17.6 Å². The summed E-state index contributed by atoms with van der Waals surface area (Å²) < 4.78 is 25.8. The summed E-state index contributed by atoms with van der Waals surface area (Å²) in [4.78, 5) is 16.3. The van der Waals surface area contributed by atoms with Gasteiger partial charge in [0.15, 0.2) is 0 Å². The zero-order valence-electron chi connectivity index (χ0n) is 13.7. The Morgan fingerprint density at radius 2 is 2.00 bits per heavy atom. The van der Waals surface area contributed by atoms with E-state index in [9.17, 15) is 13.2 Å². The normalized spacial score (nSPS) is 22.5. The van der Waals surface area contributed by atoms with Gasteiger partial charge in [-0.1, -0.05) is 13.8 Å². The molecule has 1 fully saturated rings. The third-order valence-corrected chi connectivity index (χ3v) is 6.12. The predicted molar refractivity (Wildman–Crippen MR) is 89.8 cm³/mol. The average Bonchev–Trinajstić information content (AvgIpc) is 2.91. The molecule has 1 aliphatic rings. The number of carbonyl (C=O) groups excluding carboxylic acids is 1. The summed E-state index contributed by atoms with van der Waals surface area (Å²) in [6.07, 6.45) is 1.17. The number of hydrogen-bond acceptors (Lipinski definition) is 4. The number of amides is 1. The van der Waals surface area contributed by atoms with Crippen LogP contribution in [0.1, 0.15) is 34.0 Å². The van der Waals surface area contributed by atoms with Gasteiger partial charge in [0, 0.05) is 24.0 Å². The number of carbonyl (C=O) groups is 1. The van der Waals surface area contributed by atoms with E-state index in [-0.39, 0.29) is 17.9 Å². The van der Waals surface area contributed by atoms with Crippen molar-refractivity contribution in [2.75, 3.05) is 19.3 Å². The van der Waals surface area contributed by atoms with Crippen molar-refractivity contribution in [1.82, 2.24) is 9.62 Å². The first-order valence-corrected chi connectivity index (χ1v) is 10.1. The van der Waals surface area contributed by atoms with E-state index in [0.29, 0.717) is 19.0 Å². The van der Waals surface area contributed by atoms with Gasteiger partial charge in [0.1, 0.15) is 0 Å². The summed E-state index contributed by atoms with van der Waals surface area (Å²) in [5, 5.41) is 0. The third-order valence-electron chi connectivity index (χ3n) is 4.25. The van der Waals surface area contributed by atoms with Gasteiger partial charge in [-0.2, -0.15) is 0 Å². The van der Waals surface area contributed by atoms with Crippen LogP contribution in [0.4, 0.5) is 0 Å². The molecule has 0 spiro atoms. The fourth-order valence-corrected chi connectivity index (χ4v) is 4.71. The molecule has 1 aromatic rings. The van der Waals surface area contributed by atoms with Crippen LogP contribution in [0.25, 0.3) is 0 Å². The lowest BCUT2D eigenvalue weighted by Crippen LogP contribution is -2.41. The molecule has 0 aliphatic carbocycles. The molecule has 2 heterocycles. The van der Waals surface area contributed by atoms with Crippen molar-refractivity contribution in [3.63, 3.8) is 0 Å². The zero-order chi connectivity index (χ0) is 16.7. The van der Waals surface area contributed by atoms with Crippen molar-refractivity contribution in [2.45, 2.75) is 33.7 Å². The molecule has 1 saturated heterocycles. The van der Waals surface area contributed by atoms with Gasteiger partial charge >= 0.3 is 0 Å². The van der Waals surface area contributed by atoms with Gasteiger partial charge in [-0.3, -0.25) is 4.79 Å². The molecule has 0 bridgehead atoms. The maximum Gasteiger partial charge on any atom is 0.264 e. The van der Waals surface area contributed by atoms with Gasteiger partial charge in [-0.15, -0.1) is 11.3 Å². The summed E-state index contributed by atoms with van der Waals surface area (Å²) in [5.74, 6) is 0.453. The van der Waals surface area contributed by atoms with E-state index in [1.54, 1.807) is 4.90 Å². The zero-order valence-corrected chi connectivity index (χ0v) is 15.3. The lowest BCUT2D eigenvalue weighted by atomic mass is 9.92. The highest BCUT2D eigenvalue weighted by atomic mass is 32.2. The van der Waals surface area contributed by atoms with Crippen molar-refractivity contribution < 1.29 is 13.2 Å². The molecule has 7 heteroatoms.